The number of unbranched alkanes of at least 4 members (excludes halogenated alkanes) is 1. The first-order valence-corrected chi connectivity index (χ1v) is 8.63. The second kappa shape index (κ2) is 5.99. The highest BCUT2D eigenvalue weighted by atomic mass is 32.2. The lowest BCUT2D eigenvalue weighted by molar-refractivity contribution is -0.122. The topological polar surface area (TPSA) is 34.1 Å². The maximum absolute atomic E-state index is 11.6. The molecule has 0 aromatic carbocycles. The van der Waals surface area contributed by atoms with Gasteiger partial charge in [-0.3, -0.25) is 9.59 Å². The number of hydrogen-bond acceptors (Lipinski definition) is 3. The Labute approximate surface area is 121 Å². The molecule has 2 rings (SSSR count). The normalized spacial score (nSPS) is 34.0. The molecule has 3 heteroatoms. The van der Waals surface area contributed by atoms with Crippen molar-refractivity contribution in [1.29, 1.82) is 0 Å². The molecule has 2 nitrogen and oxygen atoms in total. The fourth-order valence-corrected chi connectivity index (χ4v) is 5.42. The molecule has 1 aliphatic heterocycles. The summed E-state index contributed by atoms with van der Waals surface area (Å²) in [5.41, 5.74) is 0.278. The van der Waals surface area contributed by atoms with E-state index in [2.05, 4.69) is 18.7 Å². The predicted octanol–water partition coefficient (Wildman–Crippen LogP) is 3.87. The molecular weight excluding hydrogens is 256 g/mol. The first-order chi connectivity index (χ1) is 8.92. The summed E-state index contributed by atoms with van der Waals surface area (Å²) in [6.07, 6.45) is 5.67. The quantitative estimate of drug-likeness (QED) is 0.693. The van der Waals surface area contributed by atoms with E-state index in [0.29, 0.717) is 22.7 Å². The van der Waals surface area contributed by atoms with E-state index in [1.165, 1.54) is 6.42 Å². The molecule has 108 valence electrons. The van der Waals surface area contributed by atoms with Crippen LogP contribution in [0.15, 0.2) is 0 Å². The number of hydrogen-bond donors (Lipinski definition) is 0. The summed E-state index contributed by atoms with van der Waals surface area (Å²) in [6.45, 7) is 6.24. The molecule has 0 N–H and O–H groups in total. The molecule has 1 heterocycles. The van der Waals surface area contributed by atoms with Gasteiger partial charge in [0.05, 0.1) is 0 Å². The summed E-state index contributed by atoms with van der Waals surface area (Å²) in [5, 5.41) is 0.658. The molecule has 1 saturated heterocycles. The zero-order valence-electron chi connectivity index (χ0n) is 12.4. The Hall–Kier alpha value is -0.310. The lowest BCUT2D eigenvalue weighted by Gasteiger charge is -2.24. The van der Waals surface area contributed by atoms with Crippen LogP contribution in [0.1, 0.15) is 59.3 Å². The number of fused-ring (bicyclic) bond motifs is 1. The highest BCUT2D eigenvalue weighted by Crippen LogP contribution is 2.55. The Bertz CT molecular complexity index is 364. The van der Waals surface area contributed by atoms with Crippen molar-refractivity contribution < 1.29 is 9.59 Å². The Morgan fingerprint density at radius 3 is 2.84 bits per heavy atom. The molecule has 19 heavy (non-hydrogen) atoms. The van der Waals surface area contributed by atoms with Crippen molar-refractivity contribution in [3.63, 3.8) is 0 Å². The Kier molecular flexibility index (Phi) is 4.75. The molecule has 1 saturated carbocycles. The number of Topliss-reactive ketones (excluding diaryl/α,β-unsaturated/α-hetero) is 2. The maximum Gasteiger partial charge on any atom is 0.135 e. The largest absolute Gasteiger partial charge is 0.300 e. The summed E-state index contributed by atoms with van der Waals surface area (Å²) in [5.74, 6) is 2.79. The molecule has 2 fully saturated rings. The second-order valence-electron chi connectivity index (χ2n) is 6.90. The van der Waals surface area contributed by atoms with Gasteiger partial charge in [0.25, 0.3) is 0 Å². The Balaban J connectivity index is 1.73. The van der Waals surface area contributed by atoms with Crippen molar-refractivity contribution >= 4 is 23.3 Å². The Morgan fingerprint density at radius 1 is 1.42 bits per heavy atom. The number of carbonyl (C=O) groups excluding carboxylic acids is 2. The minimum atomic E-state index is 0.177. The van der Waals surface area contributed by atoms with E-state index in [9.17, 15) is 9.59 Å². The van der Waals surface area contributed by atoms with Crippen LogP contribution >= 0.6 is 11.8 Å². The SMILES string of the molecule is CC(C)C(=O)CCCCC1SCC2(C)CC(=O)CC12. The van der Waals surface area contributed by atoms with Crippen molar-refractivity contribution in [2.75, 3.05) is 5.75 Å². The standard InChI is InChI=1S/C16H26O2S/c1-11(2)14(18)6-4-5-7-15-13-8-12(17)9-16(13,3)10-19-15/h11,13,15H,4-10H2,1-3H3. The third-order valence-corrected chi connectivity index (χ3v) is 6.64. The second-order valence-corrected chi connectivity index (χ2v) is 8.12. The van der Waals surface area contributed by atoms with Gasteiger partial charge in [0.2, 0.25) is 0 Å². The number of thioether (sulfide) groups is 1. The van der Waals surface area contributed by atoms with Crippen molar-refractivity contribution in [2.45, 2.75) is 64.5 Å². The molecule has 2 aliphatic rings. The van der Waals surface area contributed by atoms with Gasteiger partial charge < -0.3 is 0 Å². The van der Waals surface area contributed by atoms with Gasteiger partial charge in [0, 0.05) is 30.4 Å². The molecule has 0 spiro atoms. The molecular formula is C16H26O2S. The first-order valence-electron chi connectivity index (χ1n) is 7.58. The smallest absolute Gasteiger partial charge is 0.135 e. The number of carbonyl (C=O) groups is 2. The van der Waals surface area contributed by atoms with E-state index in [4.69, 9.17) is 0 Å². The van der Waals surface area contributed by atoms with Crippen LogP contribution in [-0.2, 0) is 9.59 Å². The van der Waals surface area contributed by atoms with Crippen LogP contribution < -0.4 is 0 Å². The van der Waals surface area contributed by atoms with Gasteiger partial charge in [-0.25, -0.2) is 0 Å². The third-order valence-electron chi connectivity index (χ3n) is 4.83. The molecule has 3 unspecified atom stereocenters. The molecule has 0 radical (unpaired) electrons. The van der Waals surface area contributed by atoms with Gasteiger partial charge in [-0.15, -0.1) is 0 Å². The monoisotopic (exact) mass is 282 g/mol. The van der Waals surface area contributed by atoms with Crippen LogP contribution in [-0.4, -0.2) is 22.6 Å². The van der Waals surface area contributed by atoms with Crippen LogP contribution in [0.4, 0.5) is 0 Å². The molecule has 0 aromatic rings. The minimum Gasteiger partial charge on any atom is -0.300 e. The first kappa shape index (κ1) is 15.1. The van der Waals surface area contributed by atoms with E-state index in [1.54, 1.807) is 0 Å². The van der Waals surface area contributed by atoms with Crippen LogP contribution in [0.2, 0.25) is 0 Å². The lowest BCUT2D eigenvalue weighted by atomic mass is 9.79. The molecule has 0 amide bonds. The molecule has 0 bridgehead atoms. The average molecular weight is 282 g/mol. The number of rotatable bonds is 6. The summed E-state index contributed by atoms with van der Waals surface area (Å²) in [7, 11) is 0. The predicted molar refractivity (Wildman–Crippen MR) is 80.4 cm³/mol. The lowest BCUT2D eigenvalue weighted by Crippen LogP contribution is -2.23. The molecule has 1 aliphatic carbocycles. The van der Waals surface area contributed by atoms with Crippen molar-refractivity contribution in [3.8, 4) is 0 Å². The fraction of sp³-hybridized carbons (Fsp3) is 0.875. The summed E-state index contributed by atoms with van der Waals surface area (Å²) >= 11 is 2.06. The van der Waals surface area contributed by atoms with Crippen LogP contribution in [0, 0.1) is 17.3 Å². The molecule has 0 aromatic heterocycles. The zero-order valence-corrected chi connectivity index (χ0v) is 13.2. The number of ketones is 2. The van der Waals surface area contributed by atoms with Crippen LogP contribution in [0.3, 0.4) is 0 Å². The maximum atomic E-state index is 11.6. The van der Waals surface area contributed by atoms with Crippen molar-refractivity contribution in [3.05, 3.63) is 0 Å². The fourth-order valence-electron chi connectivity index (χ4n) is 3.52. The highest BCUT2D eigenvalue weighted by molar-refractivity contribution is 8.00. The van der Waals surface area contributed by atoms with Gasteiger partial charge in [0.1, 0.15) is 11.6 Å². The van der Waals surface area contributed by atoms with E-state index in [-0.39, 0.29) is 11.3 Å². The summed E-state index contributed by atoms with van der Waals surface area (Å²) < 4.78 is 0. The molecule has 3 atom stereocenters. The van der Waals surface area contributed by atoms with Gasteiger partial charge >= 0.3 is 0 Å². The van der Waals surface area contributed by atoms with Crippen molar-refractivity contribution in [1.82, 2.24) is 0 Å². The van der Waals surface area contributed by atoms with Gasteiger partial charge in [0.15, 0.2) is 0 Å². The van der Waals surface area contributed by atoms with Gasteiger partial charge in [-0.05, 0) is 29.9 Å². The van der Waals surface area contributed by atoms with Gasteiger partial charge in [-0.1, -0.05) is 27.2 Å². The highest BCUT2D eigenvalue weighted by Gasteiger charge is 2.51. The summed E-state index contributed by atoms with van der Waals surface area (Å²) in [6, 6.07) is 0. The zero-order chi connectivity index (χ0) is 14.0. The van der Waals surface area contributed by atoms with E-state index < -0.39 is 0 Å². The van der Waals surface area contributed by atoms with Crippen molar-refractivity contribution in [2.24, 2.45) is 17.3 Å². The summed E-state index contributed by atoms with van der Waals surface area (Å²) in [4.78, 5) is 23.2. The van der Waals surface area contributed by atoms with E-state index >= 15 is 0 Å². The van der Waals surface area contributed by atoms with Crippen LogP contribution in [0.25, 0.3) is 0 Å². The van der Waals surface area contributed by atoms with E-state index in [1.807, 2.05) is 13.8 Å². The van der Waals surface area contributed by atoms with Gasteiger partial charge in [-0.2, -0.15) is 11.8 Å². The minimum absolute atomic E-state index is 0.177. The van der Waals surface area contributed by atoms with E-state index in [0.717, 1.165) is 37.9 Å². The average Bonchev–Trinajstić information content (AvgIpc) is 2.77. The van der Waals surface area contributed by atoms with Crippen LogP contribution in [0.5, 0.6) is 0 Å². The third kappa shape index (κ3) is 3.42. The Morgan fingerprint density at radius 2 is 2.16 bits per heavy atom.